The lowest BCUT2D eigenvalue weighted by molar-refractivity contribution is 1.07. The molecule has 0 heterocycles. The van der Waals surface area contributed by atoms with Crippen LogP contribution in [0.15, 0.2) is 39.7 Å². The lowest BCUT2D eigenvalue weighted by atomic mass is 10.2. The predicted octanol–water partition coefficient (Wildman–Crippen LogP) is 3.59. The molecule has 18 heavy (non-hydrogen) atoms. The highest BCUT2D eigenvalue weighted by molar-refractivity contribution is 8.05. The van der Waals surface area contributed by atoms with Crippen LogP contribution >= 0.6 is 11.9 Å². The first-order valence-electron chi connectivity index (χ1n) is 6.05. The molecule has 0 fully saturated rings. The summed E-state index contributed by atoms with van der Waals surface area (Å²) in [5, 5.41) is 0. The maximum atomic E-state index is 5.57. The third-order valence-corrected chi connectivity index (χ3v) is 3.68. The van der Waals surface area contributed by atoms with Crippen LogP contribution in [0.3, 0.4) is 0 Å². The van der Waals surface area contributed by atoms with Gasteiger partial charge in [0, 0.05) is 30.4 Å². The van der Waals surface area contributed by atoms with Gasteiger partial charge >= 0.3 is 0 Å². The second-order valence-electron chi connectivity index (χ2n) is 3.99. The molecule has 0 saturated carbocycles. The fourth-order valence-electron chi connectivity index (χ4n) is 1.34. The molecule has 0 bridgehead atoms. The fourth-order valence-corrected chi connectivity index (χ4v) is 2.18. The summed E-state index contributed by atoms with van der Waals surface area (Å²) in [6.45, 7) is 4.86. The predicted molar refractivity (Wildman–Crippen MR) is 83.0 cm³/mol. The first-order chi connectivity index (χ1) is 8.71. The van der Waals surface area contributed by atoms with Crippen LogP contribution in [-0.4, -0.2) is 13.3 Å². The van der Waals surface area contributed by atoms with Gasteiger partial charge in [-0.15, -0.1) is 0 Å². The number of aliphatic imine (C=N–C) groups is 1. The van der Waals surface area contributed by atoms with Crippen molar-refractivity contribution in [2.24, 2.45) is 10.7 Å². The highest BCUT2D eigenvalue weighted by Gasteiger charge is 2.00. The Labute approximate surface area is 114 Å². The zero-order valence-corrected chi connectivity index (χ0v) is 12.1. The van der Waals surface area contributed by atoms with E-state index < -0.39 is 0 Å². The highest BCUT2D eigenvalue weighted by Crippen LogP contribution is 2.22. The average Bonchev–Trinajstić information content (AvgIpc) is 2.43. The van der Waals surface area contributed by atoms with Crippen LogP contribution in [0.1, 0.15) is 25.8 Å². The second kappa shape index (κ2) is 7.95. The molecule has 0 aliphatic rings. The van der Waals surface area contributed by atoms with Gasteiger partial charge in [0.15, 0.2) is 0 Å². The van der Waals surface area contributed by atoms with Crippen LogP contribution in [0.2, 0.25) is 0 Å². The minimum atomic E-state index is 0.579. The largest absolute Gasteiger partial charge is 0.326 e. The molecular weight excluding hydrogens is 242 g/mol. The Balaban J connectivity index is 2.67. The van der Waals surface area contributed by atoms with E-state index in [1.807, 2.05) is 30.5 Å². The SMILES string of the molecule is CC/C(C)=C(/C=NC)SNc1ccc(CN)cc1. The number of nitrogens with one attached hydrogen (secondary N) is 1. The second-order valence-corrected chi connectivity index (χ2v) is 4.84. The normalized spacial score (nSPS) is 12.7. The summed E-state index contributed by atoms with van der Waals surface area (Å²) < 4.78 is 3.32. The Bertz CT molecular complexity index is 421. The van der Waals surface area contributed by atoms with Crippen LogP contribution < -0.4 is 10.5 Å². The van der Waals surface area contributed by atoms with Crippen molar-refractivity contribution in [1.29, 1.82) is 0 Å². The number of rotatable bonds is 6. The average molecular weight is 263 g/mol. The van der Waals surface area contributed by atoms with Crippen molar-refractivity contribution in [3.8, 4) is 0 Å². The van der Waals surface area contributed by atoms with E-state index in [0.29, 0.717) is 6.54 Å². The quantitative estimate of drug-likeness (QED) is 0.609. The summed E-state index contributed by atoms with van der Waals surface area (Å²) in [6.07, 6.45) is 2.92. The zero-order valence-electron chi connectivity index (χ0n) is 11.2. The Morgan fingerprint density at radius 3 is 2.56 bits per heavy atom. The molecule has 0 saturated heterocycles. The summed E-state index contributed by atoms with van der Waals surface area (Å²) in [4.78, 5) is 5.25. The summed E-state index contributed by atoms with van der Waals surface area (Å²) in [5.74, 6) is 0. The molecule has 0 spiro atoms. The number of hydrogen-bond acceptors (Lipinski definition) is 4. The van der Waals surface area contributed by atoms with Gasteiger partial charge in [-0.2, -0.15) is 0 Å². The van der Waals surface area contributed by atoms with Gasteiger partial charge in [-0.25, -0.2) is 0 Å². The van der Waals surface area contributed by atoms with Gasteiger partial charge < -0.3 is 10.5 Å². The van der Waals surface area contributed by atoms with Crippen LogP contribution in [0.5, 0.6) is 0 Å². The molecule has 1 aromatic rings. The molecule has 0 amide bonds. The maximum Gasteiger partial charge on any atom is 0.0452 e. The van der Waals surface area contributed by atoms with Gasteiger partial charge in [-0.3, -0.25) is 4.99 Å². The van der Waals surface area contributed by atoms with Crippen LogP contribution in [0.4, 0.5) is 5.69 Å². The monoisotopic (exact) mass is 263 g/mol. The van der Waals surface area contributed by atoms with E-state index in [4.69, 9.17) is 5.73 Å². The Hall–Kier alpha value is -1.26. The summed E-state index contributed by atoms with van der Waals surface area (Å²) in [6, 6.07) is 8.15. The molecule has 3 nitrogen and oxygen atoms in total. The number of hydrogen-bond donors (Lipinski definition) is 2. The first kappa shape index (κ1) is 14.8. The number of anilines is 1. The van der Waals surface area contributed by atoms with E-state index in [1.165, 1.54) is 10.5 Å². The fraction of sp³-hybridized carbons (Fsp3) is 0.357. The van der Waals surface area contributed by atoms with Crippen molar-refractivity contribution in [2.75, 3.05) is 11.8 Å². The number of nitrogens with zero attached hydrogens (tertiary/aromatic N) is 1. The van der Waals surface area contributed by atoms with Crippen molar-refractivity contribution in [1.82, 2.24) is 0 Å². The van der Waals surface area contributed by atoms with Crippen LogP contribution in [0, 0.1) is 0 Å². The standard InChI is InChI=1S/C14H21N3S/c1-4-11(2)14(10-16-3)18-17-13-7-5-12(9-15)6-8-13/h5-8,10,17H,4,9,15H2,1-3H3/b14-11-,16-10?. The molecule has 0 atom stereocenters. The number of benzene rings is 1. The summed E-state index contributed by atoms with van der Waals surface area (Å²) in [5.41, 5.74) is 9.11. The Kier molecular flexibility index (Phi) is 6.54. The van der Waals surface area contributed by atoms with E-state index in [2.05, 4.69) is 23.6 Å². The van der Waals surface area contributed by atoms with Gasteiger partial charge in [0.1, 0.15) is 0 Å². The molecule has 3 N–H and O–H groups in total. The zero-order chi connectivity index (χ0) is 13.4. The molecule has 1 aromatic carbocycles. The summed E-state index contributed by atoms with van der Waals surface area (Å²) >= 11 is 1.59. The van der Waals surface area contributed by atoms with E-state index in [1.54, 1.807) is 19.0 Å². The molecular formula is C14H21N3S. The van der Waals surface area contributed by atoms with Gasteiger partial charge in [-0.1, -0.05) is 24.6 Å². The van der Waals surface area contributed by atoms with Gasteiger partial charge in [0.2, 0.25) is 0 Å². The van der Waals surface area contributed by atoms with Crippen molar-refractivity contribution >= 4 is 23.8 Å². The van der Waals surface area contributed by atoms with E-state index in [9.17, 15) is 0 Å². The van der Waals surface area contributed by atoms with Crippen molar-refractivity contribution < 1.29 is 0 Å². The first-order valence-corrected chi connectivity index (χ1v) is 6.86. The van der Waals surface area contributed by atoms with Crippen LogP contribution in [0.25, 0.3) is 0 Å². The lowest BCUT2D eigenvalue weighted by Gasteiger charge is -2.09. The smallest absolute Gasteiger partial charge is 0.0452 e. The Morgan fingerprint density at radius 1 is 1.39 bits per heavy atom. The number of nitrogens with two attached hydrogens (primary N) is 1. The Morgan fingerprint density at radius 2 is 2.06 bits per heavy atom. The van der Waals surface area contributed by atoms with Gasteiger partial charge in [0.25, 0.3) is 0 Å². The molecule has 1 rings (SSSR count). The van der Waals surface area contributed by atoms with E-state index in [-0.39, 0.29) is 0 Å². The molecule has 98 valence electrons. The molecule has 0 radical (unpaired) electrons. The minimum absolute atomic E-state index is 0.579. The maximum absolute atomic E-state index is 5.57. The van der Waals surface area contributed by atoms with E-state index >= 15 is 0 Å². The third-order valence-electron chi connectivity index (χ3n) is 2.67. The lowest BCUT2D eigenvalue weighted by Crippen LogP contribution is -1.96. The van der Waals surface area contributed by atoms with Gasteiger partial charge in [0.05, 0.1) is 0 Å². The number of allylic oxidation sites excluding steroid dienone is 2. The van der Waals surface area contributed by atoms with Crippen molar-refractivity contribution in [2.45, 2.75) is 26.8 Å². The van der Waals surface area contributed by atoms with Crippen molar-refractivity contribution in [3.63, 3.8) is 0 Å². The molecule has 0 aliphatic heterocycles. The van der Waals surface area contributed by atoms with Crippen molar-refractivity contribution in [3.05, 3.63) is 40.3 Å². The highest BCUT2D eigenvalue weighted by atomic mass is 32.2. The molecule has 0 aromatic heterocycles. The topological polar surface area (TPSA) is 50.4 Å². The van der Waals surface area contributed by atoms with Crippen LogP contribution in [-0.2, 0) is 6.54 Å². The molecule has 0 aliphatic carbocycles. The molecule has 0 unspecified atom stereocenters. The minimum Gasteiger partial charge on any atom is -0.326 e. The third kappa shape index (κ3) is 4.55. The van der Waals surface area contributed by atoms with Gasteiger partial charge in [-0.05, 0) is 43.0 Å². The summed E-state index contributed by atoms with van der Waals surface area (Å²) in [7, 11) is 1.79. The van der Waals surface area contributed by atoms with E-state index in [0.717, 1.165) is 17.7 Å². The molecule has 4 heteroatoms.